The van der Waals surface area contributed by atoms with Crippen molar-refractivity contribution in [3.8, 4) is 0 Å². The van der Waals surface area contributed by atoms with Gasteiger partial charge in [-0.05, 0) is 39.9 Å². The van der Waals surface area contributed by atoms with Crippen molar-refractivity contribution in [1.82, 2.24) is 9.80 Å². The highest BCUT2D eigenvalue weighted by Crippen LogP contribution is 2.38. The third-order valence-electron chi connectivity index (χ3n) is 4.20. The van der Waals surface area contributed by atoms with Crippen LogP contribution in [0.15, 0.2) is 0 Å². The van der Waals surface area contributed by atoms with Crippen molar-refractivity contribution in [2.75, 3.05) is 47.4 Å². The number of aliphatic hydroxyl groups excluding tert-OH is 1. The van der Waals surface area contributed by atoms with Crippen LogP contribution in [-0.4, -0.2) is 62.3 Å². The number of hydrogen-bond donors (Lipinski definition) is 1. The van der Waals surface area contributed by atoms with E-state index in [9.17, 15) is 5.11 Å². The second-order valence-corrected chi connectivity index (χ2v) is 6.38. The van der Waals surface area contributed by atoms with E-state index in [4.69, 9.17) is 0 Å². The first-order valence-electron chi connectivity index (χ1n) is 6.91. The van der Waals surface area contributed by atoms with Crippen molar-refractivity contribution in [2.24, 2.45) is 11.3 Å². The average molecular weight is 242 g/mol. The van der Waals surface area contributed by atoms with Crippen molar-refractivity contribution in [2.45, 2.75) is 32.6 Å². The molecule has 0 amide bonds. The number of hydrogen-bond acceptors (Lipinski definition) is 3. The summed E-state index contributed by atoms with van der Waals surface area (Å²) in [5, 5.41) is 9.72. The molecule has 0 spiro atoms. The summed E-state index contributed by atoms with van der Waals surface area (Å²) in [5.74, 6) is 0.849. The van der Waals surface area contributed by atoms with Gasteiger partial charge in [0.1, 0.15) is 0 Å². The lowest BCUT2D eigenvalue weighted by molar-refractivity contribution is 0.0353. The zero-order valence-electron chi connectivity index (χ0n) is 12.1. The second kappa shape index (κ2) is 6.72. The highest BCUT2D eigenvalue weighted by atomic mass is 16.3. The van der Waals surface area contributed by atoms with Gasteiger partial charge in [-0.1, -0.05) is 19.8 Å². The van der Waals surface area contributed by atoms with Gasteiger partial charge in [0.25, 0.3) is 0 Å². The average Bonchev–Trinajstić information content (AvgIpc) is 2.30. The molecule has 0 radical (unpaired) electrons. The summed E-state index contributed by atoms with van der Waals surface area (Å²) >= 11 is 0. The molecule has 1 rings (SSSR count). The zero-order valence-corrected chi connectivity index (χ0v) is 12.1. The SMILES string of the molecule is CC1CCC(CO)(CN(C)CCN(C)C)CC1. The van der Waals surface area contributed by atoms with Gasteiger partial charge >= 0.3 is 0 Å². The van der Waals surface area contributed by atoms with Crippen molar-refractivity contribution in [3.05, 3.63) is 0 Å². The fourth-order valence-electron chi connectivity index (χ4n) is 2.76. The Kier molecular flexibility index (Phi) is 5.90. The van der Waals surface area contributed by atoms with Gasteiger partial charge < -0.3 is 14.9 Å². The van der Waals surface area contributed by atoms with Gasteiger partial charge in [-0.2, -0.15) is 0 Å². The molecule has 1 fully saturated rings. The molecule has 17 heavy (non-hydrogen) atoms. The molecule has 1 saturated carbocycles. The molecule has 0 heterocycles. The lowest BCUT2D eigenvalue weighted by atomic mass is 9.71. The molecule has 0 aromatic heterocycles. The van der Waals surface area contributed by atoms with E-state index in [1.165, 1.54) is 25.7 Å². The van der Waals surface area contributed by atoms with Crippen LogP contribution < -0.4 is 0 Å². The standard InChI is InChI=1S/C14H30N2O/c1-13-5-7-14(12-17,8-6-13)11-16(4)10-9-15(2)3/h13,17H,5-12H2,1-4H3. The molecule has 1 aliphatic carbocycles. The molecule has 0 aliphatic heterocycles. The predicted molar refractivity (Wildman–Crippen MR) is 73.2 cm³/mol. The van der Waals surface area contributed by atoms with Crippen LogP contribution in [-0.2, 0) is 0 Å². The van der Waals surface area contributed by atoms with Crippen molar-refractivity contribution in [1.29, 1.82) is 0 Å². The molecule has 3 nitrogen and oxygen atoms in total. The van der Waals surface area contributed by atoms with Crippen LogP contribution in [0.25, 0.3) is 0 Å². The van der Waals surface area contributed by atoms with Crippen LogP contribution >= 0.6 is 0 Å². The molecular formula is C14H30N2O. The lowest BCUT2D eigenvalue weighted by Crippen LogP contribution is -2.42. The molecule has 1 aliphatic rings. The third kappa shape index (κ3) is 4.94. The number of aliphatic hydroxyl groups is 1. The van der Waals surface area contributed by atoms with Crippen molar-refractivity contribution in [3.63, 3.8) is 0 Å². The quantitative estimate of drug-likeness (QED) is 0.767. The van der Waals surface area contributed by atoms with Crippen molar-refractivity contribution < 1.29 is 5.11 Å². The largest absolute Gasteiger partial charge is 0.396 e. The molecule has 0 aromatic carbocycles. The lowest BCUT2D eigenvalue weighted by Gasteiger charge is -2.40. The maximum atomic E-state index is 9.72. The van der Waals surface area contributed by atoms with Gasteiger partial charge in [-0.25, -0.2) is 0 Å². The van der Waals surface area contributed by atoms with Gasteiger partial charge in [0, 0.05) is 31.7 Å². The van der Waals surface area contributed by atoms with Crippen LogP contribution in [0.3, 0.4) is 0 Å². The number of nitrogens with zero attached hydrogens (tertiary/aromatic N) is 2. The maximum Gasteiger partial charge on any atom is 0.0499 e. The van der Waals surface area contributed by atoms with E-state index in [0.29, 0.717) is 6.61 Å². The summed E-state index contributed by atoms with van der Waals surface area (Å²) < 4.78 is 0. The summed E-state index contributed by atoms with van der Waals surface area (Å²) in [7, 11) is 6.40. The summed E-state index contributed by atoms with van der Waals surface area (Å²) in [6.45, 7) is 5.91. The summed E-state index contributed by atoms with van der Waals surface area (Å²) in [6.07, 6.45) is 4.94. The molecular weight excluding hydrogens is 212 g/mol. The Balaban J connectivity index is 2.40. The van der Waals surface area contributed by atoms with E-state index in [1.807, 2.05) is 0 Å². The molecule has 0 bridgehead atoms. The molecule has 0 atom stereocenters. The highest BCUT2D eigenvalue weighted by molar-refractivity contribution is 4.86. The molecule has 102 valence electrons. The van der Waals surface area contributed by atoms with Gasteiger partial charge in [0.15, 0.2) is 0 Å². The van der Waals surface area contributed by atoms with E-state index in [-0.39, 0.29) is 5.41 Å². The third-order valence-corrected chi connectivity index (χ3v) is 4.20. The molecule has 0 aromatic rings. The first kappa shape index (κ1) is 14.9. The Morgan fingerprint density at radius 2 is 1.71 bits per heavy atom. The Hall–Kier alpha value is -0.120. The van der Waals surface area contributed by atoms with Crippen LogP contribution in [0.4, 0.5) is 0 Å². The van der Waals surface area contributed by atoms with Crippen molar-refractivity contribution >= 4 is 0 Å². The number of likely N-dealkylation sites (N-methyl/N-ethyl adjacent to an activating group) is 2. The minimum Gasteiger partial charge on any atom is -0.396 e. The molecule has 0 unspecified atom stereocenters. The van der Waals surface area contributed by atoms with E-state index >= 15 is 0 Å². The van der Waals surface area contributed by atoms with Gasteiger partial charge in [0.05, 0.1) is 0 Å². The van der Waals surface area contributed by atoms with E-state index in [0.717, 1.165) is 25.6 Å². The van der Waals surface area contributed by atoms with Crippen LogP contribution in [0.5, 0.6) is 0 Å². The van der Waals surface area contributed by atoms with Crippen LogP contribution in [0.1, 0.15) is 32.6 Å². The second-order valence-electron chi connectivity index (χ2n) is 6.38. The van der Waals surface area contributed by atoms with E-state index in [1.54, 1.807) is 0 Å². The Labute approximate surface area is 107 Å². The Morgan fingerprint density at radius 1 is 1.12 bits per heavy atom. The zero-order chi connectivity index (χ0) is 12.9. The van der Waals surface area contributed by atoms with Crippen LogP contribution in [0, 0.1) is 11.3 Å². The molecule has 1 N–H and O–H groups in total. The summed E-state index contributed by atoms with van der Waals surface area (Å²) in [4.78, 5) is 4.59. The highest BCUT2D eigenvalue weighted by Gasteiger charge is 2.34. The molecule has 0 saturated heterocycles. The summed E-state index contributed by atoms with van der Waals surface area (Å²) in [5.41, 5.74) is 0.174. The van der Waals surface area contributed by atoms with Gasteiger partial charge in [-0.3, -0.25) is 0 Å². The summed E-state index contributed by atoms with van der Waals surface area (Å²) in [6, 6.07) is 0. The number of rotatable bonds is 6. The normalized spacial score (nSPS) is 30.2. The Morgan fingerprint density at radius 3 is 2.18 bits per heavy atom. The van der Waals surface area contributed by atoms with Crippen LogP contribution in [0.2, 0.25) is 0 Å². The minimum absolute atomic E-state index is 0.174. The van der Waals surface area contributed by atoms with E-state index < -0.39 is 0 Å². The fourth-order valence-corrected chi connectivity index (χ4v) is 2.76. The van der Waals surface area contributed by atoms with E-state index in [2.05, 4.69) is 37.9 Å². The first-order valence-corrected chi connectivity index (χ1v) is 6.91. The Bertz CT molecular complexity index is 210. The predicted octanol–water partition coefficient (Wildman–Crippen LogP) is 1.67. The maximum absolute atomic E-state index is 9.72. The monoisotopic (exact) mass is 242 g/mol. The van der Waals surface area contributed by atoms with Gasteiger partial charge in [0.2, 0.25) is 0 Å². The minimum atomic E-state index is 0.174. The topological polar surface area (TPSA) is 26.7 Å². The van der Waals surface area contributed by atoms with Gasteiger partial charge in [-0.15, -0.1) is 0 Å². The molecule has 3 heteroatoms. The fraction of sp³-hybridized carbons (Fsp3) is 1.00. The first-order chi connectivity index (χ1) is 7.97. The smallest absolute Gasteiger partial charge is 0.0499 e.